The molecule has 0 spiro atoms. The van der Waals surface area contributed by atoms with Gasteiger partial charge in [-0.25, -0.2) is 0 Å². The van der Waals surface area contributed by atoms with E-state index in [2.05, 4.69) is 13.5 Å². The summed E-state index contributed by atoms with van der Waals surface area (Å²) < 4.78 is 0. The lowest BCUT2D eigenvalue weighted by Gasteiger charge is -2.21. The van der Waals surface area contributed by atoms with Crippen molar-refractivity contribution >= 4 is 5.78 Å². The second-order valence-corrected chi connectivity index (χ2v) is 3.88. The van der Waals surface area contributed by atoms with E-state index < -0.39 is 0 Å². The molecule has 0 aromatic carbocycles. The predicted octanol–water partition coefficient (Wildman–Crippen LogP) is 2.71. The van der Waals surface area contributed by atoms with Crippen molar-refractivity contribution in [3.05, 3.63) is 12.2 Å². The van der Waals surface area contributed by atoms with E-state index in [0.717, 1.165) is 18.4 Å². The van der Waals surface area contributed by atoms with Crippen molar-refractivity contribution in [1.29, 1.82) is 0 Å². The lowest BCUT2D eigenvalue weighted by Crippen LogP contribution is -2.24. The highest BCUT2D eigenvalue weighted by atomic mass is 16.1. The summed E-state index contributed by atoms with van der Waals surface area (Å²) in [6, 6.07) is 0. The first-order valence-corrected chi connectivity index (χ1v) is 4.26. The zero-order chi connectivity index (χ0) is 8.48. The summed E-state index contributed by atoms with van der Waals surface area (Å²) in [6.07, 6.45) is 4.52. The maximum atomic E-state index is 11.6. The van der Waals surface area contributed by atoms with Crippen molar-refractivity contribution in [3.8, 4) is 0 Å². The molecule has 0 amide bonds. The zero-order valence-corrected chi connectivity index (χ0v) is 7.44. The van der Waals surface area contributed by atoms with Gasteiger partial charge in [0.25, 0.3) is 0 Å². The highest BCUT2D eigenvalue weighted by Crippen LogP contribution is 2.39. The first-order chi connectivity index (χ1) is 5.06. The molecule has 0 aliphatic heterocycles. The second-order valence-electron chi connectivity index (χ2n) is 3.88. The molecular formula is C10H16O. The number of rotatable bonds is 2. The summed E-state index contributed by atoms with van der Waals surface area (Å²) >= 11 is 0. The number of carbonyl (C=O) groups is 1. The molecular weight excluding hydrogens is 136 g/mol. The summed E-state index contributed by atoms with van der Waals surface area (Å²) in [5.41, 5.74) is 0.653. The first kappa shape index (κ1) is 8.51. The third kappa shape index (κ3) is 1.52. The van der Waals surface area contributed by atoms with E-state index in [1.54, 1.807) is 0 Å². The van der Waals surface area contributed by atoms with Crippen LogP contribution >= 0.6 is 0 Å². The number of ketones is 1. The lowest BCUT2D eigenvalue weighted by atomic mass is 9.81. The van der Waals surface area contributed by atoms with Crippen molar-refractivity contribution in [1.82, 2.24) is 0 Å². The fraction of sp³-hybridized carbons (Fsp3) is 0.700. The third-order valence-corrected chi connectivity index (χ3v) is 2.64. The second kappa shape index (κ2) is 2.80. The third-order valence-electron chi connectivity index (χ3n) is 2.64. The maximum Gasteiger partial charge on any atom is 0.163 e. The van der Waals surface area contributed by atoms with Gasteiger partial charge in [0, 0.05) is 5.41 Å². The monoisotopic (exact) mass is 152 g/mol. The van der Waals surface area contributed by atoms with Gasteiger partial charge in [-0.15, -0.1) is 0 Å². The van der Waals surface area contributed by atoms with Crippen molar-refractivity contribution in [2.45, 2.75) is 39.5 Å². The Morgan fingerprint density at radius 1 is 1.36 bits per heavy atom. The Balaban J connectivity index is 2.71. The first-order valence-electron chi connectivity index (χ1n) is 4.26. The van der Waals surface area contributed by atoms with Crippen LogP contribution < -0.4 is 0 Å². The highest BCUT2D eigenvalue weighted by Gasteiger charge is 2.35. The van der Waals surface area contributed by atoms with Crippen LogP contribution in [0.1, 0.15) is 39.5 Å². The molecule has 1 rings (SSSR count). The predicted molar refractivity (Wildman–Crippen MR) is 46.4 cm³/mol. The molecule has 0 atom stereocenters. The van der Waals surface area contributed by atoms with E-state index in [0.29, 0.717) is 0 Å². The molecule has 1 nitrogen and oxygen atoms in total. The minimum atomic E-state index is -0.0637. The summed E-state index contributed by atoms with van der Waals surface area (Å²) in [5.74, 6) is 0.273. The number of allylic oxidation sites excluding steroid dienone is 1. The summed E-state index contributed by atoms with van der Waals surface area (Å²) in [6.45, 7) is 7.57. The van der Waals surface area contributed by atoms with Crippen LogP contribution in [-0.4, -0.2) is 5.78 Å². The van der Waals surface area contributed by atoms with Crippen LogP contribution in [0.25, 0.3) is 0 Å². The average Bonchev–Trinajstić information content (AvgIpc) is 2.35. The molecule has 1 saturated carbocycles. The normalized spacial score (nSPS) is 21.6. The number of carbonyl (C=O) groups excluding carboxylic acids is 1. The molecule has 0 aromatic heterocycles. The highest BCUT2D eigenvalue weighted by molar-refractivity contribution is 5.98. The molecule has 62 valence electrons. The van der Waals surface area contributed by atoms with Crippen molar-refractivity contribution in [2.75, 3.05) is 0 Å². The van der Waals surface area contributed by atoms with Gasteiger partial charge in [-0.05, 0) is 25.3 Å². The van der Waals surface area contributed by atoms with Crippen molar-refractivity contribution in [3.63, 3.8) is 0 Å². The summed E-state index contributed by atoms with van der Waals surface area (Å²) in [7, 11) is 0. The van der Waals surface area contributed by atoms with E-state index >= 15 is 0 Å². The van der Waals surface area contributed by atoms with Crippen LogP contribution in [0.15, 0.2) is 12.2 Å². The Labute approximate surface area is 68.5 Å². The van der Waals surface area contributed by atoms with E-state index in [-0.39, 0.29) is 11.2 Å². The van der Waals surface area contributed by atoms with Gasteiger partial charge in [0.2, 0.25) is 0 Å². The Kier molecular flexibility index (Phi) is 2.17. The molecule has 1 aliphatic carbocycles. The van der Waals surface area contributed by atoms with Gasteiger partial charge in [0.15, 0.2) is 5.78 Å². The Morgan fingerprint density at radius 2 is 1.82 bits per heavy atom. The fourth-order valence-corrected chi connectivity index (χ4v) is 1.90. The van der Waals surface area contributed by atoms with E-state index in [1.165, 1.54) is 12.8 Å². The Bertz CT molecular complexity index is 185. The van der Waals surface area contributed by atoms with Gasteiger partial charge in [-0.1, -0.05) is 26.3 Å². The Morgan fingerprint density at radius 3 is 2.18 bits per heavy atom. The topological polar surface area (TPSA) is 17.1 Å². The fourth-order valence-electron chi connectivity index (χ4n) is 1.90. The average molecular weight is 152 g/mol. The molecule has 0 N–H and O–H groups in total. The molecule has 0 saturated heterocycles. The van der Waals surface area contributed by atoms with Gasteiger partial charge in [0.1, 0.15) is 0 Å². The quantitative estimate of drug-likeness (QED) is 0.556. The molecule has 0 heterocycles. The molecule has 0 unspecified atom stereocenters. The molecule has 11 heavy (non-hydrogen) atoms. The maximum absolute atomic E-state index is 11.6. The molecule has 0 aromatic rings. The van der Waals surface area contributed by atoms with E-state index in [9.17, 15) is 4.79 Å². The van der Waals surface area contributed by atoms with Crippen LogP contribution in [0, 0.1) is 5.41 Å². The summed E-state index contributed by atoms with van der Waals surface area (Å²) in [4.78, 5) is 11.6. The zero-order valence-electron chi connectivity index (χ0n) is 7.44. The van der Waals surface area contributed by atoms with Gasteiger partial charge in [-0.2, -0.15) is 0 Å². The van der Waals surface area contributed by atoms with Gasteiger partial charge in [0.05, 0.1) is 0 Å². The molecule has 0 radical (unpaired) electrons. The lowest BCUT2D eigenvalue weighted by molar-refractivity contribution is -0.123. The van der Waals surface area contributed by atoms with Gasteiger partial charge in [-0.3, -0.25) is 4.79 Å². The summed E-state index contributed by atoms with van der Waals surface area (Å²) in [5, 5.41) is 0. The van der Waals surface area contributed by atoms with Crippen molar-refractivity contribution in [2.24, 2.45) is 5.41 Å². The van der Waals surface area contributed by atoms with Crippen molar-refractivity contribution < 1.29 is 4.79 Å². The Hall–Kier alpha value is -0.590. The SMILES string of the molecule is C=C(C)C(=O)C1(C)CCCC1. The van der Waals surface area contributed by atoms with E-state index in [4.69, 9.17) is 0 Å². The minimum absolute atomic E-state index is 0.0637. The molecule has 1 fully saturated rings. The molecule has 0 bridgehead atoms. The van der Waals surface area contributed by atoms with Crippen LogP contribution in [0.3, 0.4) is 0 Å². The van der Waals surface area contributed by atoms with E-state index in [1.807, 2.05) is 6.92 Å². The standard InChI is InChI=1S/C10H16O/c1-8(2)9(11)10(3)6-4-5-7-10/h1,4-7H2,2-3H3. The van der Waals surface area contributed by atoms with Gasteiger partial charge < -0.3 is 0 Å². The smallest absolute Gasteiger partial charge is 0.163 e. The molecule has 1 heteroatoms. The van der Waals surface area contributed by atoms with Gasteiger partial charge >= 0.3 is 0 Å². The minimum Gasteiger partial charge on any atom is -0.294 e. The molecule has 1 aliphatic rings. The number of Topliss-reactive ketones (excluding diaryl/α,β-unsaturated/α-hetero) is 1. The van der Waals surface area contributed by atoms with Crippen LogP contribution in [0.4, 0.5) is 0 Å². The van der Waals surface area contributed by atoms with Crippen LogP contribution in [-0.2, 0) is 4.79 Å². The largest absolute Gasteiger partial charge is 0.294 e. The number of hydrogen-bond acceptors (Lipinski definition) is 1. The van der Waals surface area contributed by atoms with Crippen LogP contribution in [0.5, 0.6) is 0 Å². The van der Waals surface area contributed by atoms with Crippen LogP contribution in [0.2, 0.25) is 0 Å². The number of hydrogen-bond donors (Lipinski definition) is 0.